The molecule has 1 N–H and O–H groups in total. The van der Waals surface area contributed by atoms with Crippen molar-refractivity contribution in [3.63, 3.8) is 0 Å². The molecule has 3 nitrogen and oxygen atoms in total. The van der Waals surface area contributed by atoms with Gasteiger partial charge in [-0.1, -0.05) is 68.1 Å². The van der Waals surface area contributed by atoms with Gasteiger partial charge in [-0.3, -0.25) is 4.79 Å². The van der Waals surface area contributed by atoms with Crippen LogP contribution in [0.3, 0.4) is 0 Å². The zero-order valence-electron chi connectivity index (χ0n) is 14.5. The largest absolute Gasteiger partial charge is 0.301 e. The lowest BCUT2D eigenvalue weighted by molar-refractivity contribution is 0.837. The number of thioether (sulfide) groups is 2. The van der Waals surface area contributed by atoms with Crippen molar-refractivity contribution < 1.29 is 0 Å². The molecule has 130 valence electrons. The van der Waals surface area contributed by atoms with Gasteiger partial charge in [-0.05, 0) is 28.5 Å². The molecule has 1 heterocycles. The van der Waals surface area contributed by atoms with Crippen LogP contribution in [0.2, 0.25) is 0 Å². The normalized spacial score (nSPS) is 11.1. The Hall–Kier alpha value is -1.72. The summed E-state index contributed by atoms with van der Waals surface area (Å²) in [5.74, 6) is 1.06. The summed E-state index contributed by atoms with van der Waals surface area (Å²) in [5, 5.41) is 4.07. The standard InChI is InChI=1S/C20H22N2OS2/c1-3-16-18(21-20(22-19(16)23)25-13-24-4-2)12-15-10-7-9-14-8-5-6-11-17(14)15/h5-11H,3-4,12-13H2,1-2H3,(H,21,22,23). The quantitative estimate of drug-likeness (QED) is 0.279. The van der Waals surface area contributed by atoms with Crippen LogP contribution in [0.1, 0.15) is 30.7 Å². The summed E-state index contributed by atoms with van der Waals surface area (Å²) < 4.78 is 0. The van der Waals surface area contributed by atoms with Gasteiger partial charge < -0.3 is 4.98 Å². The Morgan fingerprint density at radius 1 is 1.08 bits per heavy atom. The van der Waals surface area contributed by atoms with E-state index in [2.05, 4.69) is 54.4 Å². The van der Waals surface area contributed by atoms with E-state index in [4.69, 9.17) is 4.98 Å². The fourth-order valence-corrected chi connectivity index (χ4v) is 4.69. The van der Waals surface area contributed by atoms with Crippen molar-refractivity contribution >= 4 is 34.3 Å². The first-order valence-electron chi connectivity index (χ1n) is 8.52. The monoisotopic (exact) mass is 370 g/mol. The predicted molar refractivity (Wildman–Crippen MR) is 110 cm³/mol. The fourth-order valence-electron chi connectivity index (χ4n) is 2.91. The van der Waals surface area contributed by atoms with Gasteiger partial charge in [-0.2, -0.15) is 11.8 Å². The molecule has 1 aromatic heterocycles. The molecule has 0 atom stereocenters. The lowest BCUT2D eigenvalue weighted by Crippen LogP contribution is -2.18. The zero-order valence-corrected chi connectivity index (χ0v) is 16.2. The van der Waals surface area contributed by atoms with Gasteiger partial charge in [0.25, 0.3) is 5.56 Å². The minimum Gasteiger partial charge on any atom is -0.301 e. The van der Waals surface area contributed by atoms with E-state index in [1.807, 2.05) is 18.7 Å². The summed E-state index contributed by atoms with van der Waals surface area (Å²) in [5.41, 5.74) is 2.90. The van der Waals surface area contributed by atoms with Gasteiger partial charge in [-0.15, -0.1) is 0 Å². The third-order valence-electron chi connectivity index (χ3n) is 4.15. The molecule has 0 bridgehead atoms. The molecule has 0 saturated carbocycles. The highest BCUT2D eigenvalue weighted by molar-refractivity contribution is 8.15. The third-order valence-corrected chi connectivity index (χ3v) is 6.17. The highest BCUT2D eigenvalue weighted by Crippen LogP contribution is 2.23. The molecular weight excluding hydrogens is 348 g/mol. The minimum absolute atomic E-state index is 0.00302. The fraction of sp³-hybridized carbons (Fsp3) is 0.300. The van der Waals surface area contributed by atoms with E-state index >= 15 is 0 Å². The van der Waals surface area contributed by atoms with Crippen molar-refractivity contribution in [2.45, 2.75) is 31.8 Å². The number of aromatic amines is 1. The molecule has 0 fully saturated rings. The summed E-state index contributed by atoms with van der Waals surface area (Å²) >= 11 is 3.43. The molecule has 0 amide bonds. The molecule has 0 spiro atoms. The second-order valence-electron chi connectivity index (χ2n) is 5.72. The van der Waals surface area contributed by atoms with Crippen molar-refractivity contribution in [2.24, 2.45) is 0 Å². The Kier molecular flexibility index (Phi) is 6.21. The molecule has 0 aliphatic carbocycles. The van der Waals surface area contributed by atoms with Crippen LogP contribution in [-0.4, -0.2) is 20.8 Å². The molecule has 25 heavy (non-hydrogen) atoms. The first kappa shape index (κ1) is 18.1. The van der Waals surface area contributed by atoms with E-state index in [0.29, 0.717) is 12.8 Å². The van der Waals surface area contributed by atoms with Crippen LogP contribution >= 0.6 is 23.5 Å². The maximum absolute atomic E-state index is 12.5. The lowest BCUT2D eigenvalue weighted by atomic mass is 9.99. The van der Waals surface area contributed by atoms with E-state index in [1.165, 1.54) is 16.3 Å². The van der Waals surface area contributed by atoms with Crippen LogP contribution in [0.5, 0.6) is 0 Å². The number of benzene rings is 2. The molecule has 3 rings (SSSR count). The van der Waals surface area contributed by atoms with Gasteiger partial charge in [0, 0.05) is 17.1 Å². The smallest absolute Gasteiger partial charge is 0.254 e. The van der Waals surface area contributed by atoms with Gasteiger partial charge >= 0.3 is 0 Å². The van der Waals surface area contributed by atoms with Crippen molar-refractivity contribution in [3.8, 4) is 0 Å². The Labute approximate surface area is 156 Å². The first-order chi connectivity index (χ1) is 12.2. The minimum atomic E-state index is -0.00302. The number of rotatable bonds is 7. The van der Waals surface area contributed by atoms with Crippen molar-refractivity contribution in [1.29, 1.82) is 0 Å². The maximum Gasteiger partial charge on any atom is 0.254 e. The SMILES string of the molecule is CCSCSc1nc(Cc2cccc3ccccc23)c(CC)c(=O)[nH]1. The molecule has 0 aliphatic heterocycles. The molecule has 0 radical (unpaired) electrons. The number of aromatic nitrogens is 2. The number of hydrogen-bond donors (Lipinski definition) is 1. The van der Waals surface area contributed by atoms with Crippen molar-refractivity contribution in [2.75, 3.05) is 10.8 Å². The number of nitrogens with zero attached hydrogens (tertiary/aromatic N) is 1. The second-order valence-corrected chi connectivity index (χ2v) is 8.32. The zero-order chi connectivity index (χ0) is 17.6. The molecule has 3 aromatic rings. The van der Waals surface area contributed by atoms with E-state index < -0.39 is 0 Å². The lowest BCUT2D eigenvalue weighted by Gasteiger charge is -2.11. The van der Waals surface area contributed by atoms with Crippen molar-refractivity contribution in [1.82, 2.24) is 9.97 Å². The summed E-state index contributed by atoms with van der Waals surface area (Å²) in [4.78, 5) is 20.2. The van der Waals surface area contributed by atoms with E-state index in [9.17, 15) is 4.79 Å². The van der Waals surface area contributed by atoms with Gasteiger partial charge in [0.2, 0.25) is 0 Å². The average Bonchev–Trinajstić information content (AvgIpc) is 2.62. The number of nitrogens with one attached hydrogen (secondary N) is 1. The molecule has 2 aromatic carbocycles. The first-order valence-corrected chi connectivity index (χ1v) is 10.7. The molecular formula is C20H22N2OS2. The number of hydrogen-bond acceptors (Lipinski definition) is 4. The Morgan fingerprint density at radius 2 is 1.88 bits per heavy atom. The molecule has 0 saturated heterocycles. The second kappa shape index (κ2) is 8.59. The Bertz CT molecular complexity index is 916. The highest BCUT2D eigenvalue weighted by Gasteiger charge is 2.12. The maximum atomic E-state index is 12.5. The molecule has 5 heteroatoms. The van der Waals surface area contributed by atoms with Crippen LogP contribution < -0.4 is 5.56 Å². The van der Waals surface area contributed by atoms with Crippen molar-refractivity contribution in [3.05, 3.63) is 69.6 Å². The van der Waals surface area contributed by atoms with Gasteiger partial charge in [0.05, 0.1) is 5.69 Å². The highest BCUT2D eigenvalue weighted by atomic mass is 32.2. The summed E-state index contributed by atoms with van der Waals surface area (Å²) in [7, 11) is 0. The van der Waals surface area contributed by atoms with Gasteiger partial charge in [0.1, 0.15) is 0 Å². The topological polar surface area (TPSA) is 45.8 Å². The van der Waals surface area contributed by atoms with Crippen LogP contribution in [-0.2, 0) is 12.8 Å². The van der Waals surface area contributed by atoms with Crippen LogP contribution in [0.4, 0.5) is 0 Å². The Balaban J connectivity index is 1.98. The Morgan fingerprint density at radius 3 is 2.68 bits per heavy atom. The van der Waals surface area contributed by atoms with E-state index in [0.717, 1.165) is 27.3 Å². The molecule has 0 aliphatic rings. The van der Waals surface area contributed by atoms with Gasteiger partial charge in [0.15, 0.2) is 5.16 Å². The van der Waals surface area contributed by atoms with Gasteiger partial charge in [-0.25, -0.2) is 4.98 Å². The van der Waals surface area contributed by atoms with Crippen LogP contribution in [0.25, 0.3) is 10.8 Å². The predicted octanol–water partition coefficient (Wildman–Crippen LogP) is 4.88. The van der Waals surface area contributed by atoms with Crippen LogP contribution in [0.15, 0.2) is 52.4 Å². The summed E-state index contributed by atoms with van der Waals surface area (Å²) in [6, 6.07) is 14.7. The number of H-pyrrole nitrogens is 1. The summed E-state index contributed by atoms with van der Waals surface area (Å²) in [6.45, 7) is 4.14. The van der Waals surface area contributed by atoms with Crippen LogP contribution in [0, 0.1) is 0 Å². The number of fused-ring (bicyclic) bond motifs is 1. The average molecular weight is 371 g/mol. The summed E-state index contributed by atoms with van der Waals surface area (Å²) in [6.07, 6.45) is 1.38. The van der Waals surface area contributed by atoms with E-state index in [-0.39, 0.29) is 5.56 Å². The van der Waals surface area contributed by atoms with E-state index in [1.54, 1.807) is 11.8 Å². The molecule has 0 unspecified atom stereocenters. The third kappa shape index (κ3) is 4.28.